The fraction of sp³-hybridized carbons (Fsp3) is 0. The Kier molecular flexibility index (Phi) is 3.64. The molecule has 98 valence electrons. The van der Waals surface area contributed by atoms with Gasteiger partial charge in [-0.1, -0.05) is 36.4 Å². The van der Waals surface area contributed by atoms with Gasteiger partial charge in [-0.15, -0.1) is 0 Å². The van der Waals surface area contributed by atoms with Gasteiger partial charge in [0.15, 0.2) is 0 Å². The summed E-state index contributed by atoms with van der Waals surface area (Å²) in [6.45, 7) is 0. The molecular weight excluding hydrogens is 363 g/mol. The molecule has 1 aromatic heterocycles. The molecule has 0 aliphatic carbocycles. The quantitative estimate of drug-likeness (QED) is 0.687. The van der Waals surface area contributed by atoms with E-state index in [0.29, 0.717) is 11.4 Å². The monoisotopic (exact) mass is 374 g/mol. The molecule has 3 rings (SSSR count). The van der Waals surface area contributed by atoms with Crippen molar-refractivity contribution < 1.29 is 4.79 Å². The maximum absolute atomic E-state index is 12.4. The molecule has 0 saturated heterocycles. The number of nitrogens with one attached hydrogen (secondary N) is 1. The van der Waals surface area contributed by atoms with Gasteiger partial charge in [0, 0.05) is 15.3 Å². The van der Waals surface area contributed by atoms with Gasteiger partial charge >= 0.3 is 0 Å². The molecule has 1 heterocycles. The Hall–Kier alpha value is -1.95. The second-order valence-corrected chi connectivity index (χ2v) is 5.59. The summed E-state index contributed by atoms with van der Waals surface area (Å²) in [5, 5.41) is 4.82. The van der Waals surface area contributed by atoms with Gasteiger partial charge < -0.3 is 5.32 Å². The number of carbonyl (C=O) groups is 1. The number of fused-ring (bicyclic) bond motifs is 1. The SMILES string of the molecule is O=C(Nc1ccc(I)cn1)c1cccc2ccccc12. The standard InChI is InChI=1S/C16H11IN2O/c17-12-8-9-15(18-10-12)19-16(20)14-7-3-5-11-4-1-2-6-13(11)14/h1-10H,(H,18,19,20). The van der Waals surface area contributed by atoms with Crippen LogP contribution in [0.5, 0.6) is 0 Å². The summed E-state index contributed by atoms with van der Waals surface area (Å²) in [6, 6.07) is 17.3. The zero-order valence-electron chi connectivity index (χ0n) is 10.5. The molecular formula is C16H11IN2O. The summed E-state index contributed by atoms with van der Waals surface area (Å²) in [5.74, 6) is 0.416. The Bertz CT molecular complexity index is 764. The van der Waals surface area contributed by atoms with Crippen LogP contribution in [0.4, 0.5) is 5.82 Å². The average Bonchev–Trinajstić information content (AvgIpc) is 2.49. The number of hydrogen-bond donors (Lipinski definition) is 1. The third-order valence-corrected chi connectivity index (χ3v) is 3.64. The lowest BCUT2D eigenvalue weighted by Gasteiger charge is -2.07. The largest absolute Gasteiger partial charge is 0.307 e. The first kappa shape index (κ1) is 13.1. The minimum atomic E-state index is -0.143. The number of carbonyl (C=O) groups excluding carboxylic acids is 1. The minimum absolute atomic E-state index is 0.143. The highest BCUT2D eigenvalue weighted by atomic mass is 127. The van der Waals surface area contributed by atoms with E-state index >= 15 is 0 Å². The summed E-state index contributed by atoms with van der Waals surface area (Å²) in [6.07, 6.45) is 1.72. The fourth-order valence-corrected chi connectivity index (χ4v) is 2.38. The van der Waals surface area contributed by atoms with Crippen LogP contribution >= 0.6 is 22.6 Å². The zero-order valence-corrected chi connectivity index (χ0v) is 12.7. The van der Waals surface area contributed by atoms with Crippen LogP contribution in [0.2, 0.25) is 0 Å². The second kappa shape index (κ2) is 5.58. The maximum atomic E-state index is 12.4. The van der Waals surface area contributed by atoms with E-state index in [0.717, 1.165) is 14.3 Å². The van der Waals surface area contributed by atoms with Gasteiger partial charge in [-0.25, -0.2) is 4.98 Å². The Balaban J connectivity index is 1.94. The van der Waals surface area contributed by atoms with Gasteiger partial charge in [0.05, 0.1) is 0 Å². The van der Waals surface area contributed by atoms with Gasteiger partial charge in [0.1, 0.15) is 5.82 Å². The van der Waals surface area contributed by atoms with Gasteiger partial charge in [0.2, 0.25) is 0 Å². The van der Waals surface area contributed by atoms with Crippen LogP contribution in [0.3, 0.4) is 0 Å². The summed E-state index contributed by atoms with van der Waals surface area (Å²) in [7, 11) is 0. The number of pyridine rings is 1. The van der Waals surface area contributed by atoms with Gasteiger partial charge in [-0.05, 0) is 51.6 Å². The first-order valence-corrected chi connectivity index (χ1v) is 7.22. The summed E-state index contributed by atoms with van der Waals surface area (Å²) >= 11 is 2.18. The Morgan fingerprint density at radius 1 is 1.00 bits per heavy atom. The van der Waals surface area contributed by atoms with Crippen LogP contribution in [-0.2, 0) is 0 Å². The molecule has 0 unspecified atom stereocenters. The molecule has 3 nitrogen and oxygen atoms in total. The number of hydrogen-bond acceptors (Lipinski definition) is 2. The highest BCUT2D eigenvalue weighted by molar-refractivity contribution is 14.1. The predicted molar refractivity (Wildman–Crippen MR) is 88.9 cm³/mol. The summed E-state index contributed by atoms with van der Waals surface area (Å²) < 4.78 is 1.03. The van der Waals surface area contributed by atoms with Crippen molar-refractivity contribution >= 4 is 45.1 Å². The Morgan fingerprint density at radius 3 is 2.60 bits per heavy atom. The lowest BCUT2D eigenvalue weighted by molar-refractivity contribution is 0.102. The van der Waals surface area contributed by atoms with E-state index in [1.807, 2.05) is 48.5 Å². The molecule has 0 radical (unpaired) electrons. The van der Waals surface area contributed by atoms with Crippen molar-refractivity contribution in [3.05, 3.63) is 69.9 Å². The van der Waals surface area contributed by atoms with E-state index in [1.165, 1.54) is 0 Å². The van der Waals surface area contributed by atoms with Crippen LogP contribution in [0.1, 0.15) is 10.4 Å². The number of rotatable bonds is 2. The van der Waals surface area contributed by atoms with Crippen LogP contribution in [0.25, 0.3) is 10.8 Å². The molecule has 0 saturated carbocycles. The van der Waals surface area contributed by atoms with Crippen molar-refractivity contribution in [2.45, 2.75) is 0 Å². The molecule has 1 amide bonds. The average molecular weight is 374 g/mol. The second-order valence-electron chi connectivity index (χ2n) is 4.34. The Labute approximate surface area is 130 Å². The highest BCUT2D eigenvalue weighted by Crippen LogP contribution is 2.19. The number of halogens is 1. The van der Waals surface area contributed by atoms with Crippen molar-refractivity contribution in [3.63, 3.8) is 0 Å². The first-order chi connectivity index (χ1) is 9.74. The maximum Gasteiger partial charge on any atom is 0.257 e. The van der Waals surface area contributed by atoms with E-state index < -0.39 is 0 Å². The van der Waals surface area contributed by atoms with Crippen LogP contribution in [0.15, 0.2) is 60.8 Å². The van der Waals surface area contributed by atoms with Crippen LogP contribution < -0.4 is 5.32 Å². The fourth-order valence-electron chi connectivity index (χ4n) is 2.06. The van der Waals surface area contributed by atoms with Crippen molar-refractivity contribution in [2.24, 2.45) is 0 Å². The van der Waals surface area contributed by atoms with Gasteiger partial charge in [-0.3, -0.25) is 4.79 Å². The van der Waals surface area contributed by atoms with Crippen molar-refractivity contribution in [3.8, 4) is 0 Å². The topological polar surface area (TPSA) is 42.0 Å². The summed E-state index contributed by atoms with van der Waals surface area (Å²) in [5.41, 5.74) is 0.656. The molecule has 0 atom stereocenters. The van der Waals surface area contributed by atoms with E-state index in [2.05, 4.69) is 32.9 Å². The third kappa shape index (κ3) is 2.65. The molecule has 2 aromatic carbocycles. The molecule has 3 aromatic rings. The van der Waals surface area contributed by atoms with E-state index in [4.69, 9.17) is 0 Å². The van der Waals surface area contributed by atoms with Crippen molar-refractivity contribution in [1.29, 1.82) is 0 Å². The molecule has 0 aliphatic rings. The number of amides is 1. The summed E-state index contributed by atoms with van der Waals surface area (Å²) in [4.78, 5) is 16.5. The van der Waals surface area contributed by atoms with Crippen molar-refractivity contribution in [1.82, 2.24) is 4.98 Å². The number of nitrogens with zero attached hydrogens (tertiary/aromatic N) is 1. The molecule has 4 heteroatoms. The van der Waals surface area contributed by atoms with Crippen LogP contribution in [0, 0.1) is 3.57 Å². The van der Waals surface area contributed by atoms with Gasteiger partial charge in [-0.2, -0.15) is 0 Å². The molecule has 0 aliphatic heterocycles. The third-order valence-electron chi connectivity index (χ3n) is 3.00. The lowest BCUT2D eigenvalue weighted by atomic mass is 10.0. The normalized spacial score (nSPS) is 10.4. The Morgan fingerprint density at radius 2 is 1.80 bits per heavy atom. The first-order valence-electron chi connectivity index (χ1n) is 6.15. The molecule has 0 spiro atoms. The molecule has 20 heavy (non-hydrogen) atoms. The highest BCUT2D eigenvalue weighted by Gasteiger charge is 2.10. The van der Waals surface area contributed by atoms with E-state index in [9.17, 15) is 4.79 Å². The van der Waals surface area contributed by atoms with Crippen LogP contribution in [-0.4, -0.2) is 10.9 Å². The molecule has 0 bridgehead atoms. The van der Waals surface area contributed by atoms with Gasteiger partial charge in [0.25, 0.3) is 5.91 Å². The van der Waals surface area contributed by atoms with Crippen molar-refractivity contribution in [2.75, 3.05) is 5.32 Å². The smallest absolute Gasteiger partial charge is 0.257 e. The number of aromatic nitrogens is 1. The predicted octanol–water partition coefficient (Wildman–Crippen LogP) is 4.09. The van der Waals surface area contributed by atoms with E-state index in [-0.39, 0.29) is 5.91 Å². The number of benzene rings is 2. The lowest BCUT2D eigenvalue weighted by Crippen LogP contribution is -2.13. The minimum Gasteiger partial charge on any atom is -0.307 e. The van der Waals surface area contributed by atoms with E-state index in [1.54, 1.807) is 12.3 Å². The zero-order chi connectivity index (χ0) is 13.9. The molecule has 0 fully saturated rings. The molecule has 1 N–H and O–H groups in total. The number of anilines is 1.